The van der Waals surface area contributed by atoms with Crippen LogP contribution < -0.4 is 0 Å². The minimum atomic E-state index is -0.365. The van der Waals surface area contributed by atoms with E-state index >= 15 is 0 Å². The van der Waals surface area contributed by atoms with E-state index in [0.29, 0.717) is 12.5 Å². The van der Waals surface area contributed by atoms with Gasteiger partial charge in [0.25, 0.3) is 0 Å². The van der Waals surface area contributed by atoms with Crippen LogP contribution in [0.5, 0.6) is 0 Å². The molecule has 0 aromatic heterocycles. The van der Waals surface area contributed by atoms with Gasteiger partial charge in [-0.25, -0.2) is 0 Å². The molecule has 1 atom stereocenters. The molecular formula is C14H29NO3. The number of nitrogens with zero attached hydrogens (tertiary/aromatic N) is 1. The summed E-state index contributed by atoms with van der Waals surface area (Å²) in [5.41, 5.74) is 0. The van der Waals surface area contributed by atoms with E-state index in [-0.39, 0.29) is 12.2 Å². The first kappa shape index (κ1) is 15.9. The fourth-order valence-electron chi connectivity index (χ4n) is 2.27. The average molecular weight is 259 g/mol. The minimum absolute atomic E-state index is 0.191. The molecule has 0 aromatic rings. The van der Waals surface area contributed by atoms with Crippen molar-refractivity contribution in [2.75, 3.05) is 39.5 Å². The van der Waals surface area contributed by atoms with Crippen molar-refractivity contribution in [3.63, 3.8) is 0 Å². The predicted octanol–water partition coefficient (Wildman–Crippen LogP) is 1.52. The van der Waals surface area contributed by atoms with Crippen LogP contribution in [0.15, 0.2) is 0 Å². The largest absolute Gasteiger partial charge is 0.389 e. The molecule has 1 saturated heterocycles. The number of hydrogen-bond acceptors (Lipinski definition) is 4. The van der Waals surface area contributed by atoms with Crippen molar-refractivity contribution in [3.05, 3.63) is 0 Å². The second-order valence-corrected chi connectivity index (χ2v) is 5.44. The molecule has 1 heterocycles. The molecule has 1 aliphatic rings. The van der Waals surface area contributed by atoms with Crippen LogP contribution in [0.25, 0.3) is 0 Å². The zero-order valence-electron chi connectivity index (χ0n) is 12.1. The summed E-state index contributed by atoms with van der Waals surface area (Å²) in [5, 5.41) is 9.87. The van der Waals surface area contributed by atoms with Crippen LogP contribution in [0.2, 0.25) is 0 Å². The highest BCUT2D eigenvalue weighted by Crippen LogP contribution is 2.17. The first-order valence-corrected chi connectivity index (χ1v) is 7.21. The molecule has 1 unspecified atom stereocenters. The monoisotopic (exact) mass is 259 g/mol. The first-order valence-electron chi connectivity index (χ1n) is 7.21. The fourth-order valence-corrected chi connectivity index (χ4v) is 2.27. The van der Waals surface area contributed by atoms with E-state index < -0.39 is 0 Å². The summed E-state index contributed by atoms with van der Waals surface area (Å²) in [7, 11) is 0. The van der Waals surface area contributed by atoms with Gasteiger partial charge in [-0.05, 0) is 52.6 Å². The molecule has 0 aliphatic carbocycles. The first-order chi connectivity index (χ1) is 8.61. The summed E-state index contributed by atoms with van der Waals surface area (Å²) in [6, 6.07) is 0. The Morgan fingerprint density at radius 3 is 2.50 bits per heavy atom. The number of rotatable bonds is 8. The highest BCUT2D eigenvalue weighted by Gasteiger charge is 2.21. The maximum atomic E-state index is 9.87. The molecule has 1 fully saturated rings. The smallest absolute Gasteiger partial charge is 0.0900 e. The van der Waals surface area contributed by atoms with Crippen molar-refractivity contribution in [1.29, 1.82) is 0 Å². The molecular weight excluding hydrogens is 230 g/mol. The van der Waals surface area contributed by atoms with E-state index in [1.807, 2.05) is 20.8 Å². The van der Waals surface area contributed by atoms with Gasteiger partial charge in [-0.15, -0.1) is 0 Å². The van der Waals surface area contributed by atoms with E-state index in [2.05, 4.69) is 4.90 Å². The molecule has 1 N–H and O–H groups in total. The molecule has 0 saturated carbocycles. The maximum absolute atomic E-state index is 9.87. The molecule has 108 valence electrons. The number of aliphatic hydroxyl groups is 1. The Morgan fingerprint density at radius 2 is 1.94 bits per heavy atom. The van der Waals surface area contributed by atoms with Crippen LogP contribution in [-0.2, 0) is 9.47 Å². The second-order valence-electron chi connectivity index (χ2n) is 5.44. The Kier molecular flexibility index (Phi) is 7.82. The molecule has 18 heavy (non-hydrogen) atoms. The summed E-state index contributed by atoms with van der Waals surface area (Å²) in [6.45, 7) is 11.0. The van der Waals surface area contributed by atoms with Crippen LogP contribution in [0.4, 0.5) is 0 Å². The zero-order valence-corrected chi connectivity index (χ0v) is 12.1. The summed E-state index contributed by atoms with van der Waals surface area (Å²) in [4.78, 5) is 2.33. The Morgan fingerprint density at radius 1 is 1.28 bits per heavy atom. The van der Waals surface area contributed by atoms with Gasteiger partial charge in [-0.3, -0.25) is 0 Å². The molecule has 0 spiro atoms. The third-order valence-corrected chi connectivity index (χ3v) is 3.36. The molecule has 0 bridgehead atoms. The highest BCUT2D eigenvalue weighted by atomic mass is 16.5. The van der Waals surface area contributed by atoms with Crippen molar-refractivity contribution in [2.24, 2.45) is 5.92 Å². The molecule has 0 aromatic carbocycles. The van der Waals surface area contributed by atoms with Gasteiger partial charge in [-0.2, -0.15) is 0 Å². The lowest BCUT2D eigenvalue weighted by Crippen LogP contribution is -2.41. The van der Waals surface area contributed by atoms with Crippen LogP contribution in [0.1, 0.15) is 33.6 Å². The zero-order chi connectivity index (χ0) is 13.4. The summed E-state index contributed by atoms with van der Waals surface area (Å²) in [5.74, 6) is 0.699. The van der Waals surface area contributed by atoms with Gasteiger partial charge in [0.1, 0.15) is 0 Å². The number of piperidine rings is 1. The second kappa shape index (κ2) is 8.86. The van der Waals surface area contributed by atoms with E-state index in [4.69, 9.17) is 9.47 Å². The highest BCUT2D eigenvalue weighted by molar-refractivity contribution is 4.74. The fraction of sp³-hybridized carbons (Fsp3) is 1.00. The van der Waals surface area contributed by atoms with Crippen molar-refractivity contribution < 1.29 is 14.6 Å². The average Bonchev–Trinajstić information content (AvgIpc) is 2.35. The maximum Gasteiger partial charge on any atom is 0.0900 e. The lowest BCUT2D eigenvalue weighted by atomic mass is 9.97. The van der Waals surface area contributed by atoms with E-state index in [0.717, 1.165) is 32.8 Å². The van der Waals surface area contributed by atoms with Crippen LogP contribution in [-0.4, -0.2) is 61.7 Å². The molecule has 0 amide bonds. The van der Waals surface area contributed by atoms with Crippen molar-refractivity contribution in [2.45, 2.75) is 45.8 Å². The molecule has 4 nitrogen and oxygen atoms in total. The van der Waals surface area contributed by atoms with Gasteiger partial charge < -0.3 is 19.5 Å². The third-order valence-electron chi connectivity index (χ3n) is 3.36. The minimum Gasteiger partial charge on any atom is -0.389 e. The van der Waals surface area contributed by atoms with Gasteiger partial charge >= 0.3 is 0 Å². The van der Waals surface area contributed by atoms with Crippen molar-refractivity contribution >= 4 is 0 Å². The van der Waals surface area contributed by atoms with E-state index in [1.165, 1.54) is 12.8 Å². The van der Waals surface area contributed by atoms with E-state index in [9.17, 15) is 5.11 Å². The number of ether oxygens (including phenoxy) is 2. The SMILES string of the molecule is CCOCC1CCN(CC(O)COC(C)C)CC1. The van der Waals surface area contributed by atoms with Crippen molar-refractivity contribution in [1.82, 2.24) is 4.90 Å². The van der Waals surface area contributed by atoms with Crippen molar-refractivity contribution in [3.8, 4) is 0 Å². The lowest BCUT2D eigenvalue weighted by molar-refractivity contribution is -0.0150. The van der Waals surface area contributed by atoms with Gasteiger partial charge in [0, 0.05) is 19.8 Å². The molecule has 1 rings (SSSR count). The van der Waals surface area contributed by atoms with Crippen LogP contribution in [0, 0.1) is 5.92 Å². The normalized spacial score (nSPS) is 20.5. The van der Waals surface area contributed by atoms with Gasteiger partial charge in [0.2, 0.25) is 0 Å². The van der Waals surface area contributed by atoms with Gasteiger partial charge in [0.05, 0.1) is 18.8 Å². The third kappa shape index (κ3) is 6.69. The predicted molar refractivity (Wildman–Crippen MR) is 72.8 cm³/mol. The number of likely N-dealkylation sites (tertiary alicyclic amines) is 1. The Balaban J connectivity index is 2.11. The number of aliphatic hydroxyl groups excluding tert-OH is 1. The summed E-state index contributed by atoms with van der Waals surface area (Å²) >= 11 is 0. The quantitative estimate of drug-likeness (QED) is 0.717. The topological polar surface area (TPSA) is 41.9 Å². The lowest BCUT2D eigenvalue weighted by Gasteiger charge is -2.33. The molecule has 0 radical (unpaired) electrons. The number of β-amino-alcohol motifs (C(OH)–C–C–N with tert-alkyl or cyclic N) is 1. The summed E-state index contributed by atoms with van der Waals surface area (Å²) in [6.07, 6.45) is 2.18. The van der Waals surface area contributed by atoms with Crippen LogP contribution >= 0.6 is 0 Å². The molecule has 4 heteroatoms. The van der Waals surface area contributed by atoms with E-state index in [1.54, 1.807) is 0 Å². The number of hydrogen-bond donors (Lipinski definition) is 1. The van der Waals surface area contributed by atoms with Crippen LogP contribution in [0.3, 0.4) is 0 Å². The Hall–Kier alpha value is -0.160. The Labute approximate surface area is 111 Å². The Bertz CT molecular complexity index is 203. The van der Waals surface area contributed by atoms with Gasteiger partial charge in [0.15, 0.2) is 0 Å². The van der Waals surface area contributed by atoms with Gasteiger partial charge in [-0.1, -0.05) is 0 Å². The summed E-state index contributed by atoms with van der Waals surface area (Å²) < 4.78 is 10.9. The standard InChI is InChI=1S/C14H29NO3/c1-4-17-10-13-5-7-15(8-6-13)9-14(16)11-18-12(2)3/h12-14,16H,4-11H2,1-3H3. The molecule has 1 aliphatic heterocycles.